The number of benzene rings is 2. The number of nitrogens with one attached hydrogen (secondary N) is 2. The second-order valence-corrected chi connectivity index (χ2v) is 8.64. The van der Waals surface area contributed by atoms with Gasteiger partial charge in [0, 0.05) is 18.1 Å². The standard InChI is InChI=1S/C20H19BrN4O6S/c1-29-15-11-14(16(21)18(31-3)17(15)30-2)19(26)24-12-5-7-13(8-6-12)32(27,28)25-20-22-9-4-10-23-20/h4-11H,1-3H3,(H,24,26)(H,22,23,25). The lowest BCUT2D eigenvalue weighted by Crippen LogP contribution is -2.16. The van der Waals surface area contributed by atoms with E-state index in [1.807, 2.05) is 0 Å². The molecule has 3 rings (SSSR count). The summed E-state index contributed by atoms with van der Waals surface area (Å²) in [6.45, 7) is 0. The SMILES string of the molecule is COc1cc(C(=O)Nc2ccc(S(=O)(=O)Nc3ncccn3)cc2)c(Br)c(OC)c1OC. The highest BCUT2D eigenvalue weighted by Crippen LogP contribution is 2.44. The van der Waals surface area contributed by atoms with E-state index in [1.165, 1.54) is 64.1 Å². The van der Waals surface area contributed by atoms with Gasteiger partial charge >= 0.3 is 0 Å². The third kappa shape index (κ3) is 4.92. The molecule has 0 fully saturated rings. The van der Waals surface area contributed by atoms with Crippen LogP contribution in [-0.2, 0) is 10.0 Å². The van der Waals surface area contributed by atoms with Crippen LogP contribution in [0.15, 0.2) is 58.2 Å². The van der Waals surface area contributed by atoms with Crippen molar-refractivity contribution in [1.29, 1.82) is 0 Å². The number of amides is 1. The van der Waals surface area contributed by atoms with Gasteiger partial charge in [-0.05, 0) is 52.3 Å². The van der Waals surface area contributed by atoms with Crippen molar-refractivity contribution in [2.75, 3.05) is 31.4 Å². The number of anilines is 2. The molecule has 32 heavy (non-hydrogen) atoms. The molecule has 10 nitrogen and oxygen atoms in total. The highest BCUT2D eigenvalue weighted by molar-refractivity contribution is 9.10. The topological polar surface area (TPSA) is 129 Å². The van der Waals surface area contributed by atoms with Crippen molar-refractivity contribution < 1.29 is 27.4 Å². The van der Waals surface area contributed by atoms with Gasteiger partial charge in [-0.15, -0.1) is 0 Å². The fourth-order valence-electron chi connectivity index (χ4n) is 2.73. The molecule has 0 saturated heterocycles. The summed E-state index contributed by atoms with van der Waals surface area (Å²) in [7, 11) is 0.461. The summed E-state index contributed by atoms with van der Waals surface area (Å²) < 4.78 is 43.5. The van der Waals surface area contributed by atoms with E-state index in [4.69, 9.17) is 14.2 Å². The van der Waals surface area contributed by atoms with Crippen LogP contribution in [0.1, 0.15) is 10.4 Å². The van der Waals surface area contributed by atoms with E-state index in [0.717, 1.165) is 0 Å². The number of hydrogen-bond donors (Lipinski definition) is 2. The van der Waals surface area contributed by atoms with Crippen molar-refractivity contribution >= 4 is 43.5 Å². The van der Waals surface area contributed by atoms with Crippen LogP contribution in [0.5, 0.6) is 17.2 Å². The van der Waals surface area contributed by atoms with E-state index in [-0.39, 0.29) is 16.4 Å². The third-order valence-corrected chi connectivity index (χ3v) is 6.36. The Labute approximate surface area is 193 Å². The van der Waals surface area contributed by atoms with Crippen LogP contribution in [0.4, 0.5) is 11.6 Å². The molecule has 0 aliphatic carbocycles. The smallest absolute Gasteiger partial charge is 0.264 e. The van der Waals surface area contributed by atoms with Gasteiger partial charge in [0.2, 0.25) is 11.7 Å². The zero-order chi connectivity index (χ0) is 23.3. The number of rotatable bonds is 8. The average Bonchev–Trinajstić information content (AvgIpc) is 2.79. The Morgan fingerprint density at radius 3 is 2.16 bits per heavy atom. The quantitative estimate of drug-likeness (QED) is 0.460. The van der Waals surface area contributed by atoms with Crippen LogP contribution in [0.3, 0.4) is 0 Å². The van der Waals surface area contributed by atoms with Gasteiger partial charge in [0.25, 0.3) is 15.9 Å². The Hall–Kier alpha value is -3.38. The lowest BCUT2D eigenvalue weighted by molar-refractivity contribution is 0.102. The molecule has 0 aliphatic rings. The molecule has 1 aromatic heterocycles. The highest BCUT2D eigenvalue weighted by atomic mass is 79.9. The number of halogens is 1. The first-order valence-electron chi connectivity index (χ1n) is 9.00. The molecule has 1 amide bonds. The highest BCUT2D eigenvalue weighted by Gasteiger charge is 2.23. The minimum Gasteiger partial charge on any atom is -0.493 e. The monoisotopic (exact) mass is 522 g/mol. The van der Waals surface area contributed by atoms with Crippen LogP contribution in [-0.4, -0.2) is 45.6 Å². The Morgan fingerprint density at radius 2 is 1.59 bits per heavy atom. The average molecular weight is 523 g/mol. The minimum atomic E-state index is -3.89. The second-order valence-electron chi connectivity index (χ2n) is 6.16. The van der Waals surface area contributed by atoms with Crippen LogP contribution in [0, 0.1) is 0 Å². The van der Waals surface area contributed by atoms with E-state index < -0.39 is 15.9 Å². The molecule has 0 aliphatic heterocycles. The van der Waals surface area contributed by atoms with Crippen LogP contribution in [0.2, 0.25) is 0 Å². The Balaban J connectivity index is 1.82. The van der Waals surface area contributed by atoms with Crippen molar-refractivity contribution in [3.05, 3.63) is 58.8 Å². The van der Waals surface area contributed by atoms with Gasteiger partial charge in [-0.2, -0.15) is 0 Å². The largest absolute Gasteiger partial charge is 0.493 e. The maximum absolute atomic E-state index is 12.9. The van der Waals surface area contributed by atoms with Gasteiger partial charge < -0.3 is 19.5 Å². The fraction of sp³-hybridized carbons (Fsp3) is 0.150. The van der Waals surface area contributed by atoms with Crippen LogP contribution in [0.25, 0.3) is 0 Å². The fourth-order valence-corrected chi connectivity index (χ4v) is 4.33. The molecular weight excluding hydrogens is 504 g/mol. The number of aromatic nitrogens is 2. The number of methoxy groups -OCH3 is 3. The summed E-state index contributed by atoms with van der Waals surface area (Å²) in [6.07, 6.45) is 2.84. The number of carbonyl (C=O) groups is 1. The van der Waals surface area contributed by atoms with Crippen molar-refractivity contribution in [3.8, 4) is 17.2 Å². The van der Waals surface area contributed by atoms with Crippen molar-refractivity contribution in [1.82, 2.24) is 9.97 Å². The Kier molecular flexibility index (Phi) is 7.15. The molecule has 2 aromatic carbocycles. The lowest BCUT2D eigenvalue weighted by Gasteiger charge is -2.16. The maximum atomic E-state index is 12.9. The summed E-state index contributed by atoms with van der Waals surface area (Å²) in [4.78, 5) is 20.5. The molecule has 0 spiro atoms. The van der Waals surface area contributed by atoms with Gasteiger partial charge in [0.05, 0.1) is 36.3 Å². The van der Waals surface area contributed by atoms with Crippen molar-refractivity contribution in [3.63, 3.8) is 0 Å². The Bertz CT molecular complexity index is 1220. The van der Waals surface area contributed by atoms with E-state index in [0.29, 0.717) is 27.4 Å². The van der Waals surface area contributed by atoms with Crippen LogP contribution < -0.4 is 24.2 Å². The van der Waals surface area contributed by atoms with E-state index >= 15 is 0 Å². The molecule has 0 atom stereocenters. The summed E-state index contributed by atoms with van der Waals surface area (Å²) in [6, 6.07) is 8.70. The van der Waals surface area contributed by atoms with Gasteiger partial charge in [-0.1, -0.05) is 0 Å². The van der Waals surface area contributed by atoms with Crippen molar-refractivity contribution in [2.24, 2.45) is 0 Å². The molecule has 2 N–H and O–H groups in total. The maximum Gasteiger partial charge on any atom is 0.264 e. The zero-order valence-electron chi connectivity index (χ0n) is 17.2. The molecular formula is C20H19BrN4O6S. The van der Waals surface area contributed by atoms with E-state index in [1.54, 1.807) is 6.07 Å². The summed E-state index contributed by atoms with van der Waals surface area (Å²) >= 11 is 3.36. The zero-order valence-corrected chi connectivity index (χ0v) is 19.7. The predicted octanol–water partition coefficient (Wildman–Crippen LogP) is 3.32. The molecule has 1 heterocycles. The first-order chi connectivity index (χ1) is 15.3. The Morgan fingerprint density at radius 1 is 0.969 bits per heavy atom. The van der Waals surface area contributed by atoms with Crippen molar-refractivity contribution in [2.45, 2.75) is 4.90 Å². The number of hydrogen-bond acceptors (Lipinski definition) is 8. The van der Waals surface area contributed by atoms with Gasteiger partial charge in [-0.25, -0.2) is 23.1 Å². The summed E-state index contributed by atoms with van der Waals surface area (Å²) in [5.41, 5.74) is 0.615. The summed E-state index contributed by atoms with van der Waals surface area (Å²) in [5.74, 6) is 0.434. The number of ether oxygens (including phenoxy) is 3. The molecule has 168 valence electrons. The number of carbonyl (C=O) groups excluding carboxylic acids is 1. The van der Waals surface area contributed by atoms with Gasteiger partial charge in [-0.3, -0.25) is 4.79 Å². The predicted molar refractivity (Wildman–Crippen MR) is 121 cm³/mol. The van der Waals surface area contributed by atoms with Gasteiger partial charge in [0.15, 0.2) is 11.5 Å². The minimum absolute atomic E-state index is 0.0167. The molecule has 0 saturated carbocycles. The summed E-state index contributed by atoms with van der Waals surface area (Å²) in [5, 5.41) is 2.71. The van der Waals surface area contributed by atoms with E-state index in [9.17, 15) is 13.2 Å². The van der Waals surface area contributed by atoms with Crippen LogP contribution >= 0.6 is 15.9 Å². The molecule has 0 unspecified atom stereocenters. The number of sulfonamides is 1. The number of nitrogens with zero attached hydrogens (tertiary/aromatic N) is 2. The molecule has 3 aromatic rings. The first kappa shape index (κ1) is 23.3. The first-order valence-corrected chi connectivity index (χ1v) is 11.3. The molecule has 0 radical (unpaired) electrons. The third-order valence-electron chi connectivity index (χ3n) is 4.23. The molecule has 0 bridgehead atoms. The lowest BCUT2D eigenvalue weighted by atomic mass is 10.1. The molecule has 12 heteroatoms. The normalized spacial score (nSPS) is 10.9. The second kappa shape index (κ2) is 9.83. The van der Waals surface area contributed by atoms with E-state index in [2.05, 4.69) is 35.9 Å². The van der Waals surface area contributed by atoms with Gasteiger partial charge in [0.1, 0.15) is 0 Å².